The van der Waals surface area contributed by atoms with Crippen LogP contribution < -0.4 is 4.90 Å². The van der Waals surface area contributed by atoms with Crippen LogP contribution in [0.25, 0.3) is 0 Å². The Morgan fingerprint density at radius 3 is 2.70 bits per heavy atom. The number of hydrogen-bond acceptors (Lipinski definition) is 3. The van der Waals surface area contributed by atoms with Gasteiger partial charge in [0.2, 0.25) is 0 Å². The number of aliphatic hydroxyl groups excluding tert-OH is 2. The van der Waals surface area contributed by atoms with Crippen molar-refractivity contribution in [3.05, 3.63) is 29.8 Å². The lowest BCUT2D eigenvalue weighted by atomic mass is 9.60. The highest BCUT2D eigenvalue weighted by molar-refractivity contribution is 5.66. The highest BCUT2D eigenvalue weighted by Gasteiger charge is 2.82. The monoisotopic (exact) mass is 369 g/mol. The maximum Gasteiger partial charge on any atom is 0.194 e. The summed E-state index contributed by atoms with van der Waals surface area (Å²) in [5.41, 5.74) is 2.56. The minimum absolute atomic E-state index is 0.127. The molecule has 6 aliphatic rings. The third-order valence-electron chi connectivity index (χ3n) is 9.73. The number of para-hydroxylation sites is 1. The van der Waals surface area contributed by atoms with Gasteiger partial charge < -0.3 is 15.1 Å². The average Bonchev–Trinajstić information content (AvgIpc) is 3.06. The average molecular weight is 370 g/mol. The van der Waals surface area contributed by atoms with E-state index in [1.54, 1.807) is 0 Å². The molecule has 27 heavy (non-hydrogen) atoms. The number of rotatable bonds is 3. The zero-order valence-electron chi connectivity index (χ0n) is 16.8. The first-order valence-electron chi connectivity index (χ1n) is 11.1. The molecule has 1 spiro atoms. The normalized spacial score (nSPS) is 53.7. The topological polar surface area (TPSA) is 43.7 Å². The molecule has 1 aliphatic carbocycles. The molecule has 5 heterocycles. The molecule has 10 atom stereocenters. The Hall–Kier alpha value is -1.10. The van der Waals surface area contributed by atoms with Crippen molar-refractivity contribution in [2.75, 3.05) is 18.5 Å². The van der Waals surface area contributed by atoms with E-state index in [4.69, 9.17) is 0 Å². The second-order valence-electron chi connectivity index (χ2n) is 10.1. The molecule has 4 nitrogen and oxygen atoms in total. The van der Waals surface area contributed by atoms with Gasteiger partial charge in [-0.3, -0.25) is 4.48 Å². The van der Waals surface area contributed by atoms with Gasteiger partial charge in [-0.15, -0.1) is 0 Å². The lowest BCUT2D eigenvalue weighted by Gasteiger charge is -2.68. The van der Waals surface area contributed by atoms with E-state index < -0.39 is 0 Å². The minimum Gasteiger partial charge on any atom is -0.392 e. The van der Waals surface area contributed by atoms with E-state index >= 15 is 0 Å². The molecule has 5 bridgehead atoms. The number of fused-ring (bicyclic) bond motifs is 2. The lowest BCUT2D eigenvalue weighted by Crippen LogP contribution is -2.83. The van der Waals surface area contributed by atoms with E-state index in [-0.39, 0.29) is 17.7 Å². The van der Waals surface area contributed by atoms with Crippen molar-refractivity contribution >= 4 is 5.69 Å². The number of likely N-dealkylation sites (N-methyl/N-ethyl adjacent to an activating group) is 1. The first-order chi connectivity index (χ1) is 13.0. The summed E-state index contributed by atoms with van der Waals surface area (Å²) in [5, 5.41) is 23.6. The summed E-state index contributed by atoms with van der Waals surface area (Å²) in [4.78, 5) is 2.48. The van der Waals surface area contributed by atoms with Gasteiger partial charge in [0.1, 0.15) is 6.04 Å². The van der Waals surface area contributed by atoms with Gasteiger partial charge in [-0.25, -0.2) is 0 Å². The van der Waals surface area contributed by atoms with E-state index in [0.29, 0.717) is 35.9 Å². The molecule has 4 saturated heterocycles. The SMILES string of the molecule is CCC[N+]12[C@H](O)[C@@H](CC)[C@@H]3C[C@H]1[C@@H]1N(C)c4ccccc4[C@]14C[C@H]2[C@@H]3[C@H]4O. The summed E-state index contributed by atoms with van der Waals surface area (Å²) in [5.74, 6) is 1.18. The van der Waals surface area contributed by atoms with Crippen molar-refractivity contribution in [3.63, 3.8) is 0 Å². The van der Waals surface area contributed by atoms with Crippen LogP contribution in [0.5, 0.6) is 0 Å². The number of benzene rings is 1. The molecular weight excluding hydrogens is 336 g/mol. The van der Waals surface area contributed by atoms with Crippen molar-refractivity contribution in [3.8, 4) is 0 Å². The van der Waals surface area contributed by atoms with Crippen LogP contribution in [0.3, 0.4) is 0 Å². The summed E-state index contributed by atoms with van der Waals surface area (Å²) < 4.78 is 0.873. The predicted molar refractivity (Wildman–Crippen MR) is 105 cm³/mol. The number of hydrogen-bond donors (Lipinski definition) is 2. The number of piperidine rings is 4. The van der Waals surface area contributed by atoms with Gasteiger partial charge in [-0.05, 0) is 30.4 Å². The van der Waals surface area contributed by atoms with Crippen LogP contribution in [0, 0.1) is 17.8 Å². The highest BCUT2D eigenvalue weighted by atomic mass is 16.3. The van der Waals surface area contributed by atoms with E-state index in [1.165, 1.54) is 17.7 Å². The van der Waals surface area contributed by atoms with E-state index in [1.807, 2.05) is 0 Å². The highest BCUT2D eigenvalue weighted by Crippen LogP contribution is 2.71. The first-order valence-corrected chi connectivity index (χ1v) is 11.1. The van der Waals surface area contributed by atoms with Crippen molar-refractivity contribution in [1.82, 2.24) is 0 Å². The Morgan fingerprint density at radius 2 is 1.96 bits per heavy atom. The van der Waals surface area contributed by atoms with Crippen LogP contribution in [-0.2, 0) is 5.41 Å². The van der Waals surface area contributed by atoms with Crippen molar-refractivity contribution in [1.29, 1.82) is 0 Å². The van der Waals surface area contributed by atoms with Crippen LogP contribution in [0.15, 0.2) is 24.3 Å². The van der Waals surface area contributed by atoms with Crippen LogP contribution in [0.1, 0.15) is 45.1 Å². The number of anilines is 1. The first kappa shape index (κ1) is 16.8. The molecule has 146 valence electrons. The van der Waals surface area contributed by atoms with Gasteiger partial charge in [0, 0.05) is 37.4 Å². The fourth-order valence-electron chi connectivity index (χ4n) is 9.23. The zero-order chi connectivity index (χ0) is 18.7. The Morgan fingerprint density at radius 1 is 1.19 bits per heavy atom. The number of quaternary nitrogens is 1. The molecule has 7 rings (SSSR count). The van der Waals surface area contributed by atoms with Gasteiger partial charge in [0.05, 0.1) is 30.1 Å². The minimum atomic E-state index is -0.271. The van der Waals surface area contributed by atoms with E-state index in [9.17, 15) is 10.2 Å². The smallest absolute Gasteiger partial charge is 0.194 e. The maximum absolute atomic E-state index is 11.9. The van der Waals surface area contributed by atoms with Crippen LogP contribution in [-0.4, -0.2) is 58.7 Å². The Labute approximate surface area is 162 Å². The van der Waals surface area contributed by atoms with Gasteiger partial charge >= 0.3 is 0 Å². The predicted octanol–water partition coefficient (Wildman–Crippen LogP) is 2.48. The van der Waals surface area contributed by atoms with Crippen molar-refractivity contribution < 1.29 is 14.7 Å². The van der Waals surface area contributed by atoms with Gasteiger partial charge in [0.15, 0.2) is 6.23 Å². The molecule has 0 aromatic heterocycles. The molecule has 0 amide bonds. The third kappa shape index (κ3) is 1.51. The second kappa shape index (κ2) is 5.08. The molecule has 1 aromatic carbocycles. The molecule has 4 heteroatoms. The summed E-state index contributed by atoms with van der Waals surface area (Å²) in [7, 11) is 2.23. The largest absolute Gasteiger partial charge is 0.392 e. The zero-order valence-corrected chi connectivity index (χ0v) is 16.8. The molecule has 2 N–H and O–H groups in total. The van der Waals surface area contributed by atoms with E-state index in [0.717, 1.165) is 30.3 Å². The van der Waals surface area contributed by atoms with Gasteiger partial charge in [-0.2, -0.15) is 0 Å². The second-order valence-corrected chi connectivity index (χ2v) is 10.1. The third-order valence-corrected chi connectivity index (χ3v) is 9.73. The Bertz CT molecular complexity index is 798. The van der Waals surface area contributed by atoms with Crippen LogP contribution in [0.4, 0.5) is 5.69 Å². The fourth-order valence-corrected chi connectivity index (χ4v) is 9.23. The molecular formula is C23H33N2O2+. The summed E-state index contributed by atoms with van der Waals surface area (Å²) >= 11 is 0. The number of aliphatic hydroxyl groups is 2. The van der Waals surface area contributed by atoms with Crippen molar-refractivity contribution in [2.24, 2.45) is 17.8 Å². The molecule has 1 aromatic rings. The fraction of sp³-hybridized carbons (Fsp3) is 0.739. The Kier molecular flexibility index (Phi) is 3.17. The van der Waals surface area contributed by atoms with Crippen LogP contribution >= 0.6 is 0 Å². The quantitative estimate of drug-likeness (QED) is 0.805. The molecule has 1 unspecified atom stereocenters. The van der Waals surface area contributed by atoms with Gasteiger partial charge in [-0.1, -0.05) is 32.0 Å². The molecule has 0 radical (unpaired) electrons. The summed E-state index contributed by atoms with van der Waals surface area (Å²) in [6.45, 7) is 5.56. The van der Waals surface area contributed by atoms with E-state index in [2.05, 4.69) is 50.1 Å². The van der Waals surface area contributed by atoms with Gasteiger partial charge in [0.25, 0.3) is 0 Å². The summed E-state index contributed by atoms with van der Waals surface area (Å²) in [6.07, 6.45) is 3.84. The maximum atomic E-state index is 11.9. The standard InChI is InChI=1S/C23H33N2O2/c1-4-10-25-17-11-14(13(5-2)22(25)27)19-18(25)12-23(21(19)26)15-8-6-7-9-16(15)24(3)20(17)23/h6-9,13-14,17-22,26-27H,4-5,10-12H2,1-3H3/q+1/t13-,14-,17-,18-,19+,20-,21+,22+,23+,25?/m0/s1. The van der Waals surface area contributed by atoms with Crippen molar-refractivity contribution in [2.45, 2.75) is 75.4 Å². The number of nitrogens with zero attached hydrogens (tertiary/aromatic N) is 2. The molecule has 5 aliphatic heterocycles. The van der Waals surface area contributed by atoms with Crippen LogP contribution in [0.2, 0.25) is 0 Å². The lowest BCUT2D eigenvalue weighted by molar-refractivity contribution is -1.04. The summed E-state index contributed by atoms with van der Waals surface area (Å²) in [6, 6.07) is 9.97. The molecule has 5 fully saturated rings. The molecule has 1 saturated carbocycles. The Balaban J connectivity index is 1.62.